The van der Waals surface area contributed by atoms with E-state index in [0.717, 1.165) is 6.42 Å². The number of hydrogen-bond acceptors (Lipinski definition) is 0. The van der Waals surface area contributed by atoms with Crippen LogP contribution in [0.1, 0.15) is 17.5 Å². The van der Waals surface area contributed by atoms with Crippen molar-refractivity contribution in [3.63, 3.8) is 0 Å². The van der Waals surface area contributed by atoms with Crippen molar-refractivity contribution in [2.75, 3.05) is 0 Å². The van der Waals surface area contributed by atoms with Crippen LogP contribution in [-0.2, 0) is 26.2 Å². The van der Waals surface area contributed by atoms with Gasteiger partial charge in [0.2, 0.25) is 0 Å². The third-order valence-electron chi connectivity index (χ3n) is 4.11. The Morgan fingerprint density at radius 2 is 1.17 bits per heavy atom. The molecule has 0 atom stereocenters. The second-order valence-electron chi connectivity index (χ2n) is 6.33. The third kappa shape index (κ3) is 10.1. The van der Waals surface area contributed by atoms with E-state index in [-0.39, 0.29) is 65.9 Å². The molecule has 1 aliphatic rings. The molecule has 0 heterocycles. The smallest absolute Gasteiger partial charge is 0 e. The van der Waals surface area contributed by atoms with Gasteiger partial charge < -0.3 is 14.9 Å². The minimum absolute atomic E-state index is 0. The second-order valence-corrected chi connectivity index (χ2v) is 6.33. The maximum atomic E-state index is 2.99. The van der Waals surface area contributed by atoms with Crippen LogP contribution in [0.25, 0.3) is 21.5 Å². The van der Waals surface area contributed by atoms with Gasteiger partial charge in [0.15, 0.2) is 0 Å². The predicted molar refractivity (Wildman–Crippen MR) is 137 cm³/mol. The molecule has 0 amide bonds. The van der Waals surface area contributed by atoms with Gasteiger partial charge in [-0.1, -0.05) is 26.0 Å². The summed E-state index contributed by atoms with van der Waals surface area (Å²) in [5.74, 6) is 0. The van der Waals surface area contributed by atoms with E-state index in [1.165, 1.54) is 32.7 Å². The van der Waals surface area contributed by atoms with Gasteiger partial charge >= 0.3 is 0 Å². The molecule has 0 aliphatic heterocycles. The van der Waals surface area contributed by atoms with Gasteiger partial charge in [-0.3, -0.25) is 6.08 Å². The van der Waals surface area contributed by atoms with E-state index in [1.807, 2.05) is 12.2 Å². The molecule has 0 aromatic heterocycles. The fourth-order valence-corrected chi connectivity index (χ4v) is 2.95. The first-order valence-electron chi connectivity index (χ1n) is 8.68. The topological polar surface area (TPSA) is 0 Å². The van der Waals surface area contributed by atoms with Crippen molar-refractivity contribution in [2.45, 2.75) is 20.3 Å². The first-order valence-corrected chi connectivity index (χ1v) is 8.68. The van der Waals surface area contributed by atoms with Crippen LogP contribution in [-0.4, -0.2) is 0 Å². The number of halogens is 2. The Balaban J connectivity index is -0.000000351. The molecule has 162 valence electrons. The molecule has 30 heavy (non-hydrogen) atoms. The maximum absolute atomic E-state index is 2.99. The van der Waals surface area contributed by atoms with E-state index in [0.29, 0.717) is 0 Å². The molecule has 1 aliphatic carbocycles. The summed E-state index contributed by atoms with van der Waals surface area (Å²) in [7, 11) is 0. The molecule has 0 unspecified atom stereocenters. The summed E-state index contributed by atoms with van der Waals surface area (Å²) in [6, 6.07) is 25.7. The van der Waals surface area contributed by atoms with Crippen molar-refractivity contribution in [3.8, 4) is 0 Å². The van der Waals surface area contributed by atoms with Crippen molar-refractivity contribution < 1.29 is 26.2 Å². The van der Waals surface area contributed by atoms with E-state index in [9.17, 15) is 0 Å². The zero-order valence-electron chi connectivity index (χ0n) is 18.2. The quantitative estimate of drug-likeness (QED) is 0.205. The van der Waals surface area contributed by atoms with Crippen molar-refractivity contribution in [2.24, 2.45) is 0 Å². The number of fused-ring (bicyclic) bond motifs is 2. The standard InChI is InChI=1S/2C10H9.C5H5.2CH3.2ClH.Zr/c2*1-8-6-9-4-2-3-5-10(9)7-8;1-2-4-5-3-1;;;;;/h2*2-7H,1H3;1-3H,4H2;2*1H3;2*1H;/q5*-1;;;. The van der Waals surface area contributed by atoms with Gasteiger partial charge in [-0.25, -0.2) is 12.2 Å². The zero-order valence-corrected chi connectivity index (χ0v) is 22.3. The van der Waals surface area contributed by atoms with Crippen molar-refractivity contribution in [3.05, 3.63) is 123 Å². The Morgan fingerprint density at radius 1 is 0.733 bits per heavy atom. The van der Waals surface area contributed by atoms with Crippen LogP contribution < -0.4 is 0 Å². The summed E-state index contributed by atoms with van der Waals surface area (Å²) in [5.41, 5.74) is 2.70. The monoisotopic (exact) mass is 515 g/mol. The van der Waals surface area contributed by atoms with Gasteiger partial charge in [0.05, 0.1) is 0 Å². The van der Waals surface area contributed by atoms with E-state index in [4.69, 9.17) is 0 Å². The average Bonchev–Trinajstić information content (AvgIpc) is 3.35. The van der Waals surface area contributed by atoms with Crippen LogP contribution in [0.4, 0.5) is 0 Å². The Kier molecular flexibility index (Phi) is 19.2. The molecular formula is C27H31Cl2Zr-5. The first-order chi connectivity index (χ1) is 12.2. The molecule has 3 heteroatoms. The van der Waals surface area contributed by atoms with Gasteiger partial charge in [0.1, 0.15) is 0 Å². The summed E-state index contributed by atoms with van der Waals surface area (Å²) < 4.78 is 0. The van der Waals surface area contributed by atoms with Crippen molar-refractivity contribution in [1.82, 2.24) is 0 Å². The molecule has 0 fully saturated rings. The molecule has 4 aromatic carbocycles. The molecule has 4 aromatic rings. The normalized spacial score (nSPS) is 9.93. The predicted octanol–water partition coefficient (Wildman–Crippen LogP) is 8.78. The SMILES string of the molecule is Cc1cc2ccccc2[cH-]1.Cc1cc2ccccc2[cH-]1.Cl.Cl.[C-]1=CC=CC1.[CH3-].[CH3-].[Zr]. The Bertz CT molecular complexity index is 858. The summed E-state index contributed by atoms with van der Waals surface area (Å²) >= 11 is 0. The van der Waals surface area contributed by atoms with Gasteiger partial charge in [0.25, 0.3) is 0 Å². The Labute approximate surface area is 214 Å². The summed E-state index contributed by atoms with van der Waals surface area (Å²) in [4.78, 5) is 0. The average molecular weight is 518 g/mol. The largest absolute Gasteiger partial charge is 0.358 e. The molecule has 0 N–H and O–H groups in total. The minimum Gasteiger partial charge on any atom is -0.358 e. The van der Waals surface area contributed by atoms with E-state index in [2.05, 4.69) is 98.8 Å². The third-order valence-corrected chi connectivity index (χ3v) is 4.11. The molecule has 0 spiro atoms. The molecule has 0 bridgehead atoms. The molecule has 0 nitrogen and oxygen atoms in total. The summed E-state index contributed by atoms with van der Waals surface area (Å²) in [5, 5.41) is 5.39. The van der Waals surface area contributed by atoms with Crippen LogP contribution in [0.15, 0.2) is 91.0 Å². The van der Waals surface area contributed by atoms with Gasteiger partial charge in [-0.2, -0.15) is 18.2 Å². The first kappa shape index (κ1) is 33.2. The number of benzene rings is 2. The Morgan fingerprint density at radius 3 is 1.47 bits per heavy atom. The number of hydrogen-bond donors (Lipinski definition) is 0. The molecule has 0 saturated heterocycles. The molecule has 5 rings (SSSR count). The summed E-state index contributed by atoms with van der Waals surface area (Å²) in [6.45, 7) is 4.25. The van der Waals surface area contributed by atoms with Crippen LogP contribution in [0.2, 0.25) is 0 Å². The molecule has 0 saturated carbocycles. The fourth-order valence-electron chi connectivity index (χ4n) is 2.95. The van der Waals surface area contributed by atoms with Crippen molar-refractivity contribution in [1.29, 1.82) is 0 Å². The minimum atomic E-state index is 0. The number of rotatable bonds is 0. The van der Waals surface area contributed by atoms with Gasteiger partial charge in [0, 0.05) is 26.2 Å². The summed E-state index contributed by atoms with van der Waals surface area (Å²) in [6.07, 6.45) is 10.0. The maximum Gasteiger partial charge on any atom is 0 e. The van der Waals surface area contributed by atoms with Gasteiger partial charge in [-0.15, -0.1) is 112 Å². The molecule has 0 radical (unpaired) electrons. The second kappa shape index (κ2) is 17.3. The van der Waals surface area contributed by atoms with Gasteiger partial charge in [-0.05, 0) is 0 Å². The zero-order chi connectivity index (χ0) is 17.5. The van der Waals surface area contributed by atoms with E-state index >= 15 is 0 Å². The van der Waals surface area contributed by atoms with E-state index < -0.39 is 0 Å². The van der Waals surface area contributed by atoms with Crippen molar-refractivity contribution >= 4 is 46.4 Å². The number of aryl methyl sites for hydroxylation is 2. The van der Waals surface area contributed by atoms with Crippen LogP contribution >= 0.6 is 24.8 Å². The van der Waals surface area contributed by atoms with Crippen LogP contribution in [0, 0.1) is 34.8 Å². The van der Waals surface area contributed by atoms with E-state index in [1.54, 1.807) is 0 Å². The number of allylic oxidation sites excluding steroid dienone is 4. The Hall–Kier alpha value is -1.40. The van der Waals surface area contributed by atoms with Crippen LogP contribution in [0.3, 0.4) is 0 Å². The molecular weight excluding hydrogens is 486 g/mol. The fraction of sp³-hybridized carbons (Fsp3) is 0.111. The van der Waals surface area contributed by atoms with Crippen LogP contribution in [0.5, 0.6) is 0 Å².